The number of carbonyl (C=O) groups is 1. The summed E-state index contributed by atoms with van der Waals surface area (Å²) in [5.41, 5.74) is 3.86. The van der Waals surface area contributed by atoms with Gasteiger partial charge in [-0.25, -0.2) is 0 Å². The van der Waals surface area contributed by atoms with Gasteiger partial charge in [0.15, 0.2) is 5.78 Å². The fourth-order valence-corrected chi connectivity index (χ4v) is 3.94. The molecule has 1 saturated carbocycles. The van der Waals surface area contributed by atoms with Crippen LogP contribution < -0.4 is 0 Å². The van der Waals surface area contributed by atoms with E-state index in [1.54, 1.807) is 0 Å². The lowest BCUT2D eigenvalue weighted by molar-refractivity contribution is -0.116. The summed E-state index contributed by atoms with van der Waals surface area (Å²) in [6.45, 7) is 2.16. The molecule has 0 aliphatic heterocycles. The molecule has 0 heterocycles. The second kappa shape index (κ2) is 5.95. The summed E-state index contributed by atoms with van der Waals surface area (Å²) in [7, 11) is 0. The number of Topliss-reactive ketones (excluding diaryl/α,β-unsaturated/α-hetero) is 1. The first-order chi connectivity index (χ1) is 9.83. The van der Waals surface area contributed by atoms with Crippen LogP contribution in [0, 0.1) is 11.8 Å². The van der Waals surface area contributed by atoms with Crippen LogP contribution in [0.3, 0.4) is 0 Å². The molecule has 3 rings (SSSR count). The Bertz CT molecular complexity index is 512. The van der Waals surface area contributed by atoms with E-state index >= 15 is 0 Å². The van der Waals surface area contributed by atoms with Gasteiger partial charge in [-0.3, -0.25) is 4.79 Å². The zero-order chi connectivity index (χ0) is 13.9. The van der Waals surface area contributed by atoms with Crippen LogP contribution in [0.15, 0.2) is 35.9 Å². The number of rotatable bonds is 5. The highest BCUT2D eigenvalue weighted by Crippen LogP contribution is 2.54. The fourth-order valence-electron chi connectivity index (χ4n) is 3.94. The second-order valence-electron chi connectivity index (χ2n) is 6.22. The summed E-state index contributed by atoms with van der Waals surface area (Å²) in [5, 5.41) is 0. The summed E-state index contributed by atoms with van der Waals surface area (Å²) < 4.78 is 0. The molecule has 1 fully saturated rings. The zero-order valence-corrected chi connectivity index (χ0v) is 12.4. The molecule has 2 aliphatic carbocycles. The highest BCUT2D eigenvalue weighted by Gasteiger charge is 2.44. The Kier molecular flexibility index (Phi) is 4.05. The fraction of sp³-hybridized carbons (Fsp3) is 0.526. The van der Waals surface area contributed by atoms with E-state index in [2.05, 4.69) is 37.3 Å². The molecule has 0 amide bonds. The number of allylic oxidation sites excluding steroid dienone is 2. The van der Waals surface area contributed by atoms with Gasteiger partial charge >= 0.3 is 0 Å². The minimum Gasteiger partial charge on any atom is -0.295 e. The van der Waals surface area contributed by atoms with Crippen molar-refractivity contribution in [2.45, 2.75) is 51.9 Å². The van der Waals surface area contributed by atoms with Gasteiger partial charge in [-0.1, -0.05) is 56.5 Å². The summed E-state index contributed by atoms with van der Waals surface area (Å²) >= 11 is 0. The molecule has 1 aromatic rings. The lowest BCUT2D eigenvalue weighted by Crippen LogP contribution is -2.36. The molecule has 0 N–H and O–H groups in total. The van der Waals surface area contributed by atoms with Crippen LogP contribution in [0.1, 0.15) is 57.4 Å². The predicted molar refractivity (Wildman–Crippen MR) is 83.3 cm³/mol. The Morgan fingerprint density at radius 2 is 1.80 bits per heavy atom. The van der Waals surface area contributed by atoms with Gasteiger partial charge in [0.05, 0.1) is 0 Å². The maximum absolute atomic E-state index is 12.6. The van der Waals surface area contributed by atoms with Gasteiger partial charge in [-0.2, -0.15) is 0 Å². The maximum Gasteiger partial charge on any atom is 0.159 e. The first kappa shape index (κ1) is 13.6. The first-order valence-corrected chi connectivity index (χ1v) is 8.15. The predicted octanol–water partition coefficient (Wildman–Crippen LogP) is 5.02. The molecular weight excluding hydrogens is 244 g/mol. The monoisotopic (exact) mass is 268 g/mol. The lowest BCUT2D eigenvalue weighted by atomic mass is 9.58. The van der Waals surface area contributed by atoms with E-state index in [1.165, 1.54) is 42.4 Å². The van der Waals surface area contributed by atoms with Crippen molar-refractivity contribution in [3.8, 4) is 0 Å². The number of fused-ring (bicyclic) bond motifs is 1. The van der Waals surface area contributed by atoms with Crippen LogP contribution >= 0.6 is 0 Å². The van der Waals surface area contributed by atoms with Crippen LogP contribution in [0.2, 0.25) is 0 Å². The van der Waals surface area contributed by atoms with Gasteiger partial charge in [0.25, 0.3) is 0 Å². The molecule has 0 spiro atoms. The maximum atomic E-state index is 12.6. The number of hydrogen-bond donors (Lipinski definition) is 0. The SMILES string of the molecule is CCCCC(=O)C1=C(c2ccccc2)C2CCCCC12. The summed E-state index contributed by atoms with van der Waals surface area (Å²) in [4.78, 5) is 12.6. The largest absolute Gasteiger partial charge is 0.295 e. The number of unbranched alkanes of at least 4 members (excludes halogenated alkanes) is 1. The van der Waals surface area contributed by atoms with Crippen LogP contribution in [-0.2, 0) is 4.79 Å². The van der Waals surface area contributed by atoms with Crippen LogP contribution in [0.5, 0.6) is 0 Å². The van der Waals surface area contributed by atoms with Crippen molar-refractivity contribution in [1.29, 1.82) is 0 Å². The summed E-state index contributed by atoms with van der Waals surface area (Å²) in [6, 6.07) is 10.6. The Morgan fingerprint density at radius 1 is 1.10 bits per heavy atom. The molecule has 0 aromatic heterocycles. The molecule has 2 unspecified atom stereocenters. The third-order valence-electron chi connectivity index (χ3n) is 4.94. The van der Waals surface area contributed by atoms with Gasteiger partial charge in [-0.05, 0) is 42.2 Å². The van der Waals surface area contributed by atoms with E-state index in [0.717, 1.165) is 19.3 Å². The number of ketones is 1. The molecule has 2 aliphatic rings. The van der Waals surface area contributed by atoms with Crippen molar-refractivity contribution in [3.05, 3.63) is 41.5 Å². The van der Waals surface area contributed by atoms with Gasteiger partial charge in [-0.15, -0.1) is 0 Å². The molecule has 1 nitrogen and oxygen atoms in total. The second-order valence-corrected chi connectivity index (χ2v) is 6.22. The van der Waals surface area contributed by atoms with Crippen molar-refractivity contribution in [3.63, 3.8) is 0 Å². The average Bonchev–Trinajstić information content (AvgIpc) is 2.47. The summed E-state index contributed by atoms with van der Waals surface area (Å²) in [6.07, 6.45) is 8.01. The number of hydrogen-bond acceptors (Lipinski definition) is 1. The third-order valence-corrected chi connectivity index (χ3v) is 4.94. The zero-order valence-electron chi connectivity index (χ0n) is 12.4. The number of benzene rings is 1. The number of carbonyl (C=O) groups excluding carboxylic acids is 1. The molecule has 0 saturated heterocycles. The average molecular weight is 268 g/mol. The van der Waals surface area contributed by atoms with E-state index in [-0.39, 0.29) is 0 Å². The molecule has 0 bridgehead atoms. The van der Waals surface area contributed by atoms with Crippen molar-refractivity contribution < 1.29 is 4.79 Å². The van der Waals surface area contributed by atoms with Crippen molar-refractivity contribution >= 4 is 11.4 Å². The van der Waals surface area contributed by atoms with E-state index in [4.69, 9.17) is 0 Å². The Labute approximate surface area is 122 Å². The van der Waals surface area contributed by atoms with Crippen molar-refractivity contribution in [2.75, 3.05) is 0 Å². The normalized spacial score (nSPS) is 25.1. The molecule has 106 valence electrons. The highest BCUT2D eigenvalue weighted by atomic mass is 16.1. The molecule has 20 heavy (non-hydrogen) atoms. The molecule has 0 radical (unpaired) electrons. The van der Waals surface area contributed by atoms with Gasteiger partial charge < -0.3 is 0 Å². The van der Waals surface area contributed by atoms with Crippen molar-refractivity contribution in [2.24, 2.45) is 11.8 Å². The highest BCUT2D eigenvalue weighted by molar-refractivity contribution is 6.07. The first-order valence-electron chi connectivity index (χ1n) is 8.15. The Hall–Kier alpha value is -1.37. The van der Waals surface area contributed by atoms with E-state index in [0.29, 0.717) is 17.6 Å². The van der Waals surface area contributed by atoms with E-state index < -0.39 is 0 Å². The third kappa shape index (κ3) is 2.34. The lowest BCUT2D eigenvalue weighted by Gasteiger charge is -2.45. The van der Waals surface area contributed by atoms with Gasteiger partial charge in [0, 0.05) is 12.0 Å². The Balaban J connectivity index is 1.93. The smallest absolute Gasteiger partial charge is 0.159 e. The topological polar surface area (TPSA) is 17.1 Å². The van der Waals surface area contributed by atoms with Crippen LogP contribution in [0.25, 0.3) is 5.57 Å². The van der Waals surface area contributed by atoms with Crippen molar-refractivity contribution in [1.82, 2.24) is 0 Å². The molecule has 1 heteroatoms. The van der Waals surface area contributed by atoms with E-state index in [9.17, 15) is 4.79 Å². The quantitative estimate of drug-likeness (QED) is 0.733. The van der Waals surface area contributed by atoms with E-state index in [1.807, 2.05) is 0 Å². The Morgan fingerprint density at radius 3 is 2.50 bits per heavy atom. The van der Waals surface area contributed by atoms with Gasteiger partial charge in [0.2, 0.25) is 0 Å². The van der Waals surface area contributed by atoms with Crippen LogP contribution in [-0.4, -0.2) is 5.78 Å². The summed E-state index contributed by atoms with van der Waals surface area (Å²) in [5.74, 6) is 1.66. The minimum absolute atomic E-state index is 0.425. The van der Waals surface area contributed by atoms with Crippen LogP contribution in [0.4, 0.5) is 0 Å². The molecular formula is C19H24O. The molecule has 1 aromatic carbocycles. The van der Waals surface area contributed by atoms with Gasteiger partial charge in [0.1, 0.15) is 0 Å². The molecule has 2 atom stereocenters. The minimum atomic E-state index is 0.425. The standard InChI is InChI=1S/C19H24O/c1-2-3-13-17(20)19-16-12-8-7-11-15(16)18(19)14-9-5-4-6-10-14/h4-6,9-10,15-16H,2-3,7-8,11-13H2,1H3.